The van der Waals surface area contributed by atoms with E-state index in [1.807, 2.05) is 0 Å². The maximum absolute atomic E-state index is 11.8. The quantitative estimate of drug-likeness (QED) is 0.518. The molecule has 0 rings (SSSR count). The Labute approximate surface area is 129 Å². The summed E-state index contributed by atoms with van der Waals surface area (Å²) in [6, 6.07) is 0. The van der Waals surface area contributed by atoms with Crippen molar-refractivity contribution >= 4 is 42.0 Å². The van der Waals surface area contributed by atoms with Gasteiger partial charge in [0.1, 0.15) is 0 Å². The van der Waals surface area contributed by atoms with Crippen LogP contribution in [0.2, 0.25) is 0 Å². The van der Waals surface area contributed by atoms with E-state index in [0.29, 0.717) is 0 Å². The molecule has 9 nitrogen and oxygen atoms in total. The summed E-state index contributed by atoms with van der Waals surface area (Å²) < 4.78 is 80.0. The van der Waals surface area contributed by atoms with Gasteiger partial charge in [-0.1, -0.05) is 11.6 Å². The smallest absolute Gasteiger partial charge is 0.266 e. The Bertz CT molecular complexity index is 649. The fourth-order valence-corrected chi connectivity index (χ4v) is 6.11. The van der Waals surface area contributed by atoms with E-state index in [1.54, 1.807) is 0 Å². The van der Waals surface area contributed by atoms with E-state index >= 15 is 0 Å². The van der Waals surface area contributed by atoms with Gasteiger partial charge in [-0.25, -0.2) is 0 Å². The lowest BCUT2D eigenvalue weighted by molar-refractivity contribution is 0.332. The van der Waals surface area contributed by atoms with Gasteiger partial charge >= 0.3 is 30.4 Å². The molecule has 0 aromatic heterocycles. The molecule has 0 radical (unpaired) electrons. The zero-order chi connectivity index (χ0) is 16.9. The third-order valence-electron chi connectivity index (χ3n) is 1.65. The minimum Gasteiger partial charge on any atom is -0.266 e. The van der Waals surface area contributed by atoms with Crippen molar-refractivity contribution in [2.45, 2.75) is 20.8 Å². The van der Waals surface area contributed by atoms with Crippen LogP contribution in [0.4, 0.5) is 0 Å². The van der Waals surface area contributed by atoms with Crippen molar-refractivity contribution in [3.63, 3.8) is 0 Å². The predicted octanol–water partition coefficient (Wildman–Crippen LogP) is 0.451. The molecule has 0 bridgehead atoms. The van der Waals surface area contributed by atoms with E-state index < -0.39 is 52.2 Å². The molecule has 0 atom stereocenters. The molecule has 0 N–H and O–H groups in total. The SMILES string of the molecule is CCOS(=O)(=O)C(Cl)=C(S(=O)(=O)OCC)S(=O)(=O)OCC. The van der Waals surface area contributed by atoms with Crippen LogP contribution in [0.25, 0.3) is 0 Å². The van der Waals surface area contributed by atoms with Crippen LogP contribution < -0.4 is 0 Å². The molecule has 0 amide bonds. The van der Waals surface area contributed by atoms with Crippen molar-refractivity contribution in [2.75, 3.05) is 19.8 Å². The second-order valence-corrected chi connectivity index (χ2v) is 8.66. The Hall–Kier alpha value is -0.240. The molecule has 0 saturated heterocycles. The zero-order valence-electron chi connectivity index (χ0n) is 11.4. The van der Waals surface area contributed by atoms with E-state index in [9.17, 15) is 25.3 Å². The van der Waals surface area contributed by atoms with Crippen LogP contribution >= 0.6 is 11.6 Å². The summed E-state index contributed by atoms with van der Waals surface area (Å²) in [5.41, 5.74) is 0. The minimum atomic E-state index is -4.98. The van der Waals surface area contributed by atoms with Gasteiger partial charge < -0.3 is 0 Å². The van der Waals surface area contributed by atoms with Crippen molar-refractivity contribution in [2.24, 2.45) is 0 Å². The average Bonchev–Trinajstić information content (AvgIpc) is 2.27. The summed E-state index contributed by atoms with van der Waals surface area (Å²) in [6.45, 7) is 2.55. The van der Waals surface area contributed by atoms with Crippen LogP contribution in [0.1, 0.15) is 20.8 Å². The fraction of sp³-hybridized carbons (Fsp3) is 0.750. The largest absolute Gasteiger partial charge is 0.312 e. The van der Waals surface area contributed by atoms with Gasteiger partial charge in [0.2, 0.25) is 4.24 Å². The van der Waals surface area contributed by atoms with Gasteiger partial charge in [0.05, 0.1) is 19.8 Å². The van der Waals surface area contributed by atoms with E-state index in [-0.39, 0.29) is 6.61 Å². The van der Waals surface area contributed by atoms with Crippen LogP contribution in [0, 0.1) is 0 Å². The molecule has 13 heteroatoms. The highest BCUT2D eigenvalue weighted by Gasteiger charge is 2.40. The summed E-state index contributed by atoms with van der Waals surface area (Å²) in [6.07, 6.45) is 0. The highest BCUT2D eigenvalue weighted by Crippen LogP contribution is 2.29. The second kappa shape index (κ2) is 7.85. The van der Waals surface area contributed by atoms with Crippen LogP contribution in [-0.2, 0) is 42.9 Å². The number of rotatable bonds is 9. The second-order valence-electron chi connectivity index (χ2n) is 3.14. The van der Waals surface area contributed by atoms with Gasteiger partial charge in [0, 0.05) is 0 Å². The van der Waals surface area contributed by atoms with Gasteiger partial charge in [-0.3, -0.25) is 12.5 Å². The number of hydrogen-bond acceptors (Lipinski definition) is 9. The molecule has 0 aliphatic carbocycles. The van der Waals surface area contributed by atoms with E-state index in [0.717, 1.165) is 0 Å². The maximum Gasteiger partial charge on any atom is 0.312 e. The lowest BCUT2D eigenvalue weighted by Crippen LogP contribution is -2.22. The van der Waals surface area contributed by atoms with Gasteiger partial charge in [0.25, 0.3) is 0 Å². The van der Waals surface area contributed by atoms with E-state index in [4.69, 9.17) is 11.6 Å². The molecule has 0 aliphatic rings. The summed E-state index contributed by atoms with van der Waals surface area (Å²) in [4.78, 5) is 0. The van der Waals surface area contributed by atoms with Crippen molar-refractivity contribution in [3.8, 4) is 0 Å². The van der Waals surface area contributed by atoms with Crippen molar-refractivity contribution in [1.82, 2.24) is 0 Å². The third-order valence-corrected chi connectivity index (χ3v) is 7.71. The number of halogens is 1. The Kier molecular flexibility index (Phi) is 7.76. The Morgan fingerprint density at radius 2 is 1.00 bits per heavy atom. The summed E-state index contributed by atoms with van der Waals surface area (Å²) in [5, 5.41) is 0. The first-order chi connectivity index (χ1) is 9.46. The molecular weight excluding hydrogens is 372 g/mol. The van der Waals surface area contributed by atoms with Crippen molar-refractivity contribution in [3.05, 3.63) is 8.60 Å². The van der Waals surface area contributed by atoms with Crippen LogP contribution in [0.3, 0.4) is 0 Å². The van der Waals surface area contributed by atoms with E-state index in [2.05, 4.69) is 12.5 Å². The molecular formula is C8H15ClO9S3. The minimum absolute atomic E-state index is 0.380. The van der Waals surface area contributed by atoms with Crippen LogP contribution in [-0.4, -0.2) is 45.1 Å². The molecule has 0 spiro atoms. The van der Waals surface area contributed by atoms with Gasteiger partial charge in [-0.15, -0.1) is 0 Å². The molecule has 0 unspecified atom stereocenters. The Morgan fingerprint density at radius 3 is 1.29 bits per heavy atom. The lowest BCUT2D eigenvalue weighted by atomic mass is 10.9. The molecule has 0 heterocycles. The first-order valence-electron chi connectivity index (χ1n) is 5.54. The summed E-state index contributed by atoms with van der Waals surface area (Å²) >= 11 is 5.41. The molecule has 0 fully saturated rings. The predicted molar refractivity (Wildman–Crippen MR) is 74.5 cm³/mol. The van der Waals surface area contributed by atoms with Gasteiger partial charge in [-0.2, -0.15) is 25.3 Å². The average molecular weight is 387 g/mol. The summed E-state index contributed by atoms with van der Waals surface area (Å²) in [5.74, 6) is 0. The summed E-state index contributed by atoms with van der Waals surface area (Å²) in [7, 11) is -14.7. The monoisotopic (exact) mass is 386 g/mol. The molecule has 0 aromatic carbocycles. The van der Waals surface area contributed by atoms with Crippen LogP contribution in [0.5, 0.6) is 0 Å². The molecule has 126 valence electrons. The zero-order valence-corrected chi connectivity index (χ0v) is 14.6. The molecule has 21 heavy (non-hydrogen) atoms. The van der Waals surface area contributed by atoms with Crippen molar-refractivity contribution in [1.29, 1.82) is 0 Å². The van der Waals surface area contributed by atoms with Gasteiger partial charge in [-0.05, 0) is 20.8 Å². The first kappa shape index (κ1) is 20.8. The maximum atomic E-state index is 11.8. The number of hydrogen-bond donors (Lipinski definition) is 0. The lowest BCUT2D eigenvalue weighted by Gasteiger charge is -2.11. The normalized spacial score (nSPS) is 13.1. The van der Waals surface area contributed by atoms with Crippen molar-refractivity contribution < 1.29 is 37.8 Å². The third kappa shape index (κ3) is 5.47. The topological polar surface area (TPSA) is 130 Å². The van der Waals surface area contributed by atoms with E-state index in [1.165, 1.54) is 20.8 Å². The molecule has 0 aliphatic heterocycles. The standard InChI is InChI=1S/C8H15ClO9S3/c1-4-16-19(10,11)7(9)8(20(12,13)17-5-2)21(14,15)18-6-3/h4-6H2,1-3H3. The highest BCUT2D eigenvalue weighted by molar-refractivity contribution is 8.11. The van der Waals surface area contributed by atoms with Crippen LogP contribution in [0.15, 0.2) is 8.60 Å². The molecule has 0 aromatic rings. The fourth-order valence-electron chi connectivity index (χ4n) is 1.05. The Morgan fingerprint density at radius 1 is 0.714 bits per heavy atom. The first-order valence-corrected chi connectivity index (χ1v) is 10.1. The van der Waals surface area contributed by atoms with Gasteiger partial charge in [0.15, 0.2) is 4.36 Å². The highest BCUT2D eigenvalue weighted by atomic mass is 35.5. The Balaban J connectivity index is 6.48. The molecule has 0 saturated carbocycles.